The molecule has 1 N–H and O–H groups in total. The molecule has 0 heterocycles. The first-order valence-electron chi connectivity index (χ1n) is 4.40. The van der Waals surface area contributed by atoms with Crippen molar-refractivity contribution < 1.29 is 14.7 Å². The molecule has 0 aromatic rings. The molecule has 1 fully saturated rings. The second kappa shape index (κ2) is 3.36. The first kappa shape index (κ1) is 10.0. The Morgan fingerprint density at radius 2 is 2.31 bits per heavy atom. The maximum absolute atomic E-state index is 10.7. The van der Waals surface area contributed by atoms with Crippen LogP contribution in [0.25, 0.3) is 0 Å². The van der Waals surface area contributed by atoms with Crippen LogP contribution in [0.1, 0.15) is 20.8 Å². The zero-order valence-corrected chi connectivity index (χ0v) is 8.15. The lowest BCUT2D eigenvalue weighted by molar-refractivity contribution is -0.139. The van der Waals surface area contributed by atoms with Gasteiger partial charge in [0.25, 0.3) is 0 Å². The van der Waals surface area contributed by atoms with Gasteiger partial charge in [0.05, 0.1) is 5.92 Å². The second-order valence-electron chi connectivity index (χ2n) is 3.84. The van der Waals surface area contributed by atoms with Crippen LogP contribution < -0.4 is 0 Å². The maximum atomic E-state index is 10.7. The van der Waals surface area contributed by atoms with Gasteiger partial charge >= 0.3 is 5.97 Å². The first-order valence-corrected chi connectivity index (χ1v) is 4.40. The quantitative estimate of drug-likeness (QED) is 0.531. The van der Waals surface area contributed by atoms with Gasteiger partial charge in [-0.15, -0.1) is 0 Å². The van der Waals surface area contributed by atoms with Gasteiger partial charge in [-0.05, 0) is 12.3 Å². The maximum Gasteiger partial charge on any atom is 0.307 e. The molecule has 2 atom stereocenters. The smallest absolute Gasteiger partial charge is 0.307 e. The van der Waals surface area contributed by atoms with Crippen LogP contribution >= 0.6 is 0 Å². The van der Waals surface area contributed by atoms with Gasteiger partial charge in [-0.2, -0.15) is 0 Å². The fourth-order valence-corrected chi connectivity index (χ4v) is 1.61. The molecule has 0 spiro atoms. The molecule has 0 bridgehead atoms. The molecule has 1 rings (SSSR count). The van der Waals surface area contributed by atoms with Gasteiger partial charge in [0, 0.05) is 12.1 Å². The summed E-state index contributed by atoms with van der Waals surface area (Å²) in [6.07, 6.45) is 1.60. The van der Waals surface area contributed by atoms with E-state index in [2.05, 4.69) is 5.16 Å². The van der Waals surface area contributed by atoms with E-state index in [1.807, 2.05) is 20.8 Å². The molecule has 0 aliphatic heterocycles. The number of nitrogens with zero attached hydrogens (tertiary/aromatic N) is 1. The Bertz CT molecular complexity index is 235. The molecular weight excluding hydrogens is 170 g/mol. The number of carbonyl (C=O) groups is 1. The highest BCUT2D eigenvalue weighted by molar-refractivity contribution is 5.84. The summed E-state index contributed by atoms with van der Waals surface area (Å²) in [5, 5.41) is 12.5. The molecule has 4 heteroatoms. The number of rotatable bonds is 4. The molecule has 4 nitrogen and oxygen atoms in total. The van der Waals surface area contributed by atoms with Crippen molar-refractivity contribution in [3.63, 3.8) is 0 Å². The van der Waals surface area contributed by atoms with Crippen molar-refractivity contribution in [2.75, 3.05) is 6.61 Å². The third kappa shape index (κ3) is 1.82. The normalized spacial score (nSPS) is 30.4. The van der Waals surface area contributed by atoms with E-state index in [1.54, 1.807) is 6.21 Å². The number of carboxylic acid groups (broad SMARTS) is 1. The van der Waals surface area contributed by atoms with Gasteiger partial charge in [-0.1, -0.05) is 19.0 Å². The summed E-state index contributed by atoms with van der Waals surface area (Å²) >= 11 is 0. The second-order valence-corrected chi connectivity index (χ2v) is 3.84. The van der Waals surface area contributed by atoms with Crippen LogP contribution in [0.15, 0.2) is 5.16 Å². The summed E-state index contributed by atoms with van der Waals surface area (Å²) in [7, 11) is 0. The highest BCUT2D eigenvalue weighted by Gasteiger charge is 2.61. The van der Waals surface area contributed by atoms with Crippen LogP contribution in [0.2, 0.25) is 0 Å². The molecule has 0 aromatic carbocycles. The number of hydrogen-bond donors (Lipinski definition) is 1. The SMILES string of the molecule is CCON=CC1C(C(=O)O)C1(C)C. The van der Waals surface area contributed by atoms with E-state index in [9.17, 15) is 4.79 Å². The molecule has 13 heavy (non-hydrogen) atoms. The van der Waals surface area contributed by atoms with Gasteiger partial charge in [0.15, 0.2) is 0 Å². The van der Waals surface area contributed by atoms with E-state index in [4.69, 9.17) is 9.94 Å². The summed E-state index contributed by atoms with van der Waals surface area (Å²) in [6.45, 7) is 6.20. The summed E-state index contributed by atoms with van der Waals surface area (Å²) < 4.78 is 0. The van der Waals surface area contributed by atoms with Gasteiger partial charge in [0.2, 0.25) is 0 Å². The van der Waals surface area contributed by atoms with Crippen LogP contribution in [-0.4, -0.2) is 23.9 Å². The molecule has 1 saturated carbocycles. The van der Waals surface area contributed by atoms with Crippen LogP contribution in [0.4, 0.5) is 0 Å². The Morgan fingerprint density at radius 3 is 2.69 bits per heavy atom. The number of oxime groups is 1. The molecule has 0 radical (unpaired) electrons. The predicted octanol–water partition coefficient (Wildman–Crippen LogP) is 1.37. The van der Waals surface area contributed by atoms with Crippen molar-refractivity contribution in [1.82, 2.24) is 0 Å². The van der Waals surface area contributed by atoms with Crippen molar-refractivity contribution in [3.8, 4) is 0 Å². The average Bonchev–Trinajstić information content (AvgIpc) is 2.54. The fraction of sp³-hybridized carbons (Fsp3) is 0.778. The lowest BCUT2D eigenvalue weighted by atomic mass is 10.1. The van der Waals surface area contributed by atoms with Gasteiger partial charge < -0.3 is 9.94 Å². The molecule has 74 valence electrons. The number of hydrogen-bond acceptors (Lipinski definition) is 3. The highest BCUT2D eigenvalue weighted by atomic mass is 16.6. The van der Waals surface area contributed by atoms with Crippen LogP contribution in [-0.2, 0) is 9.63 Å². The Hall–Kier alpha value is -1.06. The third-order valence-electron chi connectivity index (χ3n) is 2.60. The first-order chi connectivity index (χ1) is 6.01. The minimum atomic E-state index is -0.752. The van der Waals surface area contributed by atoms with E-state index in [1.165, 1.54) is 0 Å². The van der Waals surface area contributed by atoms with Crippen molar-refractivity contribution in [1.29, 1.82) is 0 Å². The van der Waals surface area contributed by atoms with Crippen LogP contribution in [0, 0.1) is 17.3 Å². The molecule has 1 aliphatic rings. The molecule has 2 unspecified atom stereocenters. The standard InChI is InChI=1S/C9H15NO3/c1-4-13-10-5-6-7(8(11)12)9(6,2)3/h5-7H,4H2,1-3H3,(H,11,12). The minimum absolute atomic E-state index is 0.0107. The van der Waals surface area contributed by atoms with Crippen molar-refractivity contribution >= 4 is 12.2 Å². The van der Waals surface area contributed by atoms with Crippen molar-refractivity contribution in [3.05, 3.63) is 0 Å². The van der Waals surface area contributed by atoms with Crippen molar-refractivity contribution in [2.45, 2.75) is 20.8 Å². The number of carboxylic acids is 1. The van der Waals surface area contributed by atoms with E-state index < -0.39 is 5.97 Å². The fourth-order valence-electron chi connectivity index (χ4n) is 1.61. The molecule has 0 saturated heterocycles. The monoisotopic (exact) mass is 185 g/mol. The van der Waals surface area contributed by atoms with Gasteiger partial charge in [0.1, 0.15) is 6.61 Å². The van der Waals surface area contributed by atoms with Gasteiger partial charge in [-0.3, -0.25) is 4.79 Å². The number of aliphatic carboxylic acids is 1. The van der Waals surface area contributed by atoms with Crippen LogP contribution in [0.5, 0.6) is 0 Å². The summed E-state index contributed by atoms with van der Waals surface area (Å²) in [5.74, 6) is -1.05. The molecule has 0 aromatic heterocycles. The topological polar surface area (TPSA) is 58.9 Å². The van der Waals surface area contributed by atoms with E-state index in [-0.39, 0.29) is 17.3 Å². The highest BCUT2D eigenvalue weighted by Crippen LogP contribution is 2.57. The lowest BCUT2D eigenvalue weighted by Crippen LogP contribution is -2.03. The minimum Gasteiger partial charge on any atom is -0.481 e. The summed E-state index contributed by atoms with van der Waals surface area (Å²) in [5.41, 5.74) is -0.174. The zero-order chi connectivity index (χ0) is 10.1. The lowest BCUT2D eigenvalue weighted by Gasteiger charge is -1.96. The average molecular weight is 185 g/mol. The summed E-state index contributed by atoms with van der Waals surface area (Å²) in [4.78, 5) is 15.5. The zero-order valence-electron chi connectivity index (χ0n) is 8.15. The Kier molecular flexibility index (Phi) is 2.59. The van der Waals surface area contributed by atoms with Crippen molar-refractivity contribution in [2.24, 2.45) is 22.4 Å². The third-order valence-corrected chi connectivity index (χ3v) is 2.60. The van der Waals surface area contributed by atoms with Crippen LogP contribution in [0.3, 0.4) is 0 Å². The van der Waals surface area contributed by atoms with Gasteiger partial charge in [-0.25, -0.2) is 0 Å². The Morgan fingerprint density at radius 1 is 1.69 bits per heavy atom. The molecular formula is C9H15NO3. The Labute approximate surface area is 77.6 Å². The molecule has 1 aliphatic carbocycles. The van der Waals surface area contributed by atoms with E-state index >= 15 is 0 Å². The summed E-state index contributed by atoms with van der Waals surface area (Å²) in [6, 6.07) is 0. The Balaban J connectivity index is 2.50. The predicted molar refractivity (Wildman–Crippen MR) is 48.5 cm³/mol. The van der Waals surface area contributed by atoms with E-state index in [0.29, 0.717) is 6.61 Å². The van der Waals surface area contributed by atoms with E-state index in [0.717, 1.165) is 0 Å². The largest absolute Gasteiger partial charge is 0.481 e. The molecule has 0 amide bonds.